The molecule has 1 N–H and O–H groups in total. The number of hydrogen-bond acceptors (Lipinski definition) is 5. The first kappa shape index (κ1) is 17.9. The highest BCUT2D eigenvalue weighted by Gasteiger charge is 2.20. The van der Waals surface area contributed by atoms with Crippen LogP contribution in [-0.2, 0) is 17.9 Å². The number of nitrogens with zero attached hydrogens (tertiary/aromatic N) is 6. The Morgan fingerprint density at radius 3 is 2.59 bits per heavy atom. The van der Waals surface area contributed by atoms with Crippen LogP contribution in [0.15, 0.2) is 36.7 Å². The van der Waals surface area contributed by atoms with Crippen LogP contribution in [0.25, 0.3) is 0 Å². The number of nitrogens with one attached hydrogen (secondary N) is 1. The smallest absolute Gasteiger partial charge is 0.245 e. The maximum atomic E-state index is 12.5. The Balaban J connectivity index is 1.92. The normalized spacial score (nSPS) is 10.2. The fourth-order valence-corrected chi connectivity index (χ4v) is 2.88. The average Bonchev–Trinajstić information content (AvgIpc) is 3.20. The minimum absolute atomic E-state index is 0.0534. The molecule has 3 rings (SSSR count). The van der Waals surface area contributed by atoms with E-state index in [4.69, 9.17) is 5.26 Å². The molecule has 2 heterocycles. The van der Waals surface area contributed by atoms with E-state index in [0.29, 0.717) is 17.9 Å². The summed E-state index contributed by atoms with van der Waals surface area (Å²) in [6.45, 7) is 4.19. The van der Waals surface area contributed by atoms with E-state index in [0.717, 1.165) is 16.8 Å². The predicted molar refractivity (Wildman–Crippen MR) is 97.5 cm³/mol. The molecular formula is C19H17N7O. The highest BCUT2D eigenvalue weighted by Crippen LogP contribution is 2.27. The van der Waals surface area contributed by atoms with Gasteiger partial charge >= 0.3 is 0 Å². The Bertz CT molecular complexity index is 1060. The van der Waals surface area contributed by atoms with Gasteiger partial charge in [0, 0.05) is 12.2 Å². The van der Waals surface area contributed by atoms with Crippen LogP contribution in [-0.4, -0.2) is 25.2 Å². The summed E-state index contributed by atoms with van der Waals surface area (Å²) < 4.78 is 3.27. The van der Waals surface area contributed by atoms with Crippen LogP contribution in [0.1, 0.15) is 28.2 Å². The molecule has 8 nitrogen and oxygen atoms in total. The number of carbonyl (C=O) groups excluding carboxylic acids is 1. The Labute approximate surface area is 156 Å². The van der Waals surface area contributed by atoms with Gasteiger partial charge in [0.1, 0.15) is 30.8 Å². The number of amides is 1. The summed E-state index contributed by atoms with van der Waals surface area (Å²) in [5.74, 6) is 0.139. The van der Waals surface area contributed by atoms with E-state index in [1.807, 2.05) is 54.8 Å². The lowest BCUT2D eigenvalue weighted by molar-refractivity contribution is -0.116. The predicted octanol–water partition coefficient (Wildman–Crippen LogP) is 2.13. The summed E-state index contributed by atoms with van der Waals surface area (Å²) >= 11 is 0. The third-order valence-corrected chi connectivity index (χ3v) is 4.41. The molecule has 0 aliphatic carbocycles. The van der Waals surface area contributed by atoms with E-state index in [-0.39, 0.29) is 18.3 Å². The molecule has 27 heavy (non-hydrogen) atoms. The molecule has 134 valence electrons. The van der Waals surface area contributed by atoms with E-state index in [1.54, 1.807) is 0 Å². The number of anilines is 1. The van der Waals surface area contributed by atoms with Gasteiger partial charge < -0.3 is 9.88 Å². The molecule has 0 fully saturated rings. The molecule has 0 unspecified atom stereocenters. The van der Waals surface area contributed by atoms with Gasteiger partial charge in [-0.05, 0) is 25.0 Å². The van der Waals surface area contributed by atoms with Crippen LogP contribution < -0.4 is 5.32 Å². The summed E-state index contributed by atoms with van der Waals surface area (Å²) in [4.78, 5) is 12.5. The van der Waals surface area contributed by atoms with Crippen LogP contribution in [0.2, 0.25) is 0 Å². The third-order valence-electron chi connectivity index (χ3n) is 4.41. The van der Waals surface area contributed by atoms with Crippen LogP contribution in [0.5, 0.6) is 0 Å². The van der Waals surface area contributed by atoms with Crippen molar-refractivity contribution in [1.82, 2.24) is 19.3 Å². The number of benzene rings is 1. The topological polar surface area (TPSA) is 112 Å². The minimum atomic E-state index is -0.366. The SMILES string of the molecule is Cc1c(C#N)c(NC(=O)Cn2cnnc2C#N)n(Cc2ccccc2)c1C. The molecule has 8 heteroatoms. The Morgan fingerprint density at radius 1 is 1.19 bits per heavy atom. The highest BCUT2D eigenvalue weighted by atomic mass is 16.2. The Morgan fingerprint density at radius 2 is 1.93 bits per heavy atom. The fourth-order valence-electron chi connectivity index (χ4n) is 2.88. The molecule has 0 bridgehead atoms. The maximum Gasteiger partial charge on any atom is 0.245 e. The van der Waals surface area contributed by atoms with Gasteiger partial charge in [-0.3, -0.25) is 9.36 Å². The van der Waals surface area contributed by atoms with Crippen LogP contribution in [0, 0.1) is 36.5 Å². The molecule has 0 saturated carbocycles. The van der Waals surface area contributed by atoms with Crippen molar-refractivity contribution in [3.05, 3.63) is 64.9 Å². The van der Waals surface area contributed by atoms with Crippen molar-refractivity contribution < 1.29 is 4.79 Å². The second-order valence-electron chi connectivity index (χ2n) is 6.06. The number of aromatic nitrogens is 4. The summed E-state index contributed by atoms with van der Waals surface area (Å²) in [5, 5.41) is 28.6. The number of hydrogen-bond donors (Lipinski definition) is 1. The van der Waals surface area contributed by atoms with Crippen molar-refractivity contribution in [2.45, 2.75) is 26.9 Å². The van der Waals surface area contributed by atoms with Gasteiger partial charge in [0.25, 0.3) is 0 Å². The zero-order valence-corrected chi connectivity index (χ0v) is 15.0. The molecule has 0 aliphatic heterocycles. The van der Waals surface area contributed by atoms with E-state index in [2.05, 4.69) is 21.6 Å². The van der Waals surface area contributed by atoms with E-state index in [9.17, 15) is 10.1 Å². The van der Waals surface area contributed by atoms with E-state index >= 15 is 0 Å². The second-order valence-corrected chi connectivity index (χ2v) is 6.06. The van der Waals surface area contributed by atoms with Crippen molar-refractivity contribution in [2.75, 3.05) is 5.32 Å². The molecule has 2 aromatic heterocycles. The fraction of sp³-hybridized carbons (Fsp3) is 0.211. The molecule has 1 amide bonds. The third kappa shape index (κ3) is 3.55. The summed E-state index contributed by atoms with van der Waals surface area (Å²) in [5.41, 5.74) is 3.22. The zero-order valence-electron chi connectivity index (χ0n) is 15.0. The van der Waals surface area contributed by atoms with Crippen molar-refractivity contribution in [2.24, 2.45) is 0 Å². The first-order chi connectivity index (χ1) is 13.0. The van der Waals surface area contributed by atoms with Crippen LogP contribution in [0.4, 0.5) is 5.82 Å². The molecule has 0 radical (unpaired) electrons. The van der Waals surface area contributed by atoms with Gasteiger partial charge in [0.15, 0.2) is 0 Å². The largest absolute Gasteiger partial charge is 0.326 e. The van der Waals surface area contributed by atoms with Crippen molar-refractivity contribution in [3.8, 4) is 12.1 Å². The van der Waals surface area contributed by atoms with Crippen molar-refractivity contribution in [1.29, 1.82) is 10.5 Å². The first-order valence-corrected chi connectivity index (χ1v) is 8.26. The summed E-state index contributed by atoms with van der Waals surface area (Å²) in [6, 6.07) is 13.9. The van der Waals surface area contributed by atoms with Gasteiger partial charge in [-0.1, -0.05) is 30.3 Å². The summed E-state index contributed by atoms with van der Waals surface area (Å²) in [7, 11) is 0. The van der Waals surface area contributed by atoms with Crippen molar-refractivity contribution >= 4 is 11.7 Å². The van der Waals surface area contributed by atoms with Gasteiger partial charge in [0.05, 0.1) is 5.56 Å². The molecule has 1 aromatic carbocycles. The molecule has 0 saturated heterocycles. The van der Waals surface area contributed by atoms with E-state index in [1.165, 1.54) is 10.9 Å². The Kier molecular flexibility index (Phi) is 5.00. The van der Waals surface area contributed by atoms with Crippen molar-refractivity contribution in [3.63, 3.8) is 0 Å². The van der Waals surface area contributed by atoms with Crippen LogP contribution >= 0.6 is 0 Å². The quantitative estimate of drug-likeness (QED) is 0.750. The highest BCUT2D eigenvalue weighted by molar-refractivity contribution is 5.91. The lowest BCUT2D eigenvalue weighted by Gasteiger charge is -2.13. The van der Waals surface area contributed by atoms with Crippen LogP contribution in [0.3, 0.4) is 0 Å². The van der Waals surface area contributed by atoms with Gasteiger partial charge in [-0.25, -0.2) is 0 Å². The van der Waals surface area contributed by atoms with Gasteiger partial charge in [0.2, 0.25) is 11.7 Å². The standard InChI is InChI=1S/C19H17N7O/c1-13-14(2)26(10-15-6-4-3-5-7-15)19(16(13)8-20)23-18(27)11-25-12-22-24-17(25)9-21/h3-7,12H,10-11H2,1-2H3,(H,23,27). The first-order valence-electron chi connectivity index (χ1n) is 8.26. The Hall–Kier alpha value is -3.91. The van der Waals surface area contributed by atoms with Gasteiger partial charge in [-0.2, -0.15) is 10.5 Å². The molecule has 0 spiro atoms. The summed E-state index contributed by atoms with van der Waals surface area (Å²) in [6.07, 6.45) is 1.32. The maximum absolute atomic E-state index is 12.5. The van der Waals surface area contributed by atoms with Gasteiger partial charge in [-0.15, -0.1) is 10.2 Å². The lowest BCUT2D eigenvalue weighted by Crippen LogP contribution is -2.22. The number of nitriles is 2. The number of rotatable bonds is 5. The second kappa shape index (κ2) is 7.54. The molecular weight excluding hydrogens is 342 g/mol. The number of carbonyl (C=O) groups is 1. The lowest BCUT2D eigenvalue weighted by atomic mass is 10.2. The minimum Gasteiger partial charge on any atom is -0.326 e. The average molecular weight is 359 g/mol. The monoisotopic (exact) mass is 359 g/mol. The van der Waals surface area contributed by atoms with E-state index < -0.39 is 0 Å². The molecule has 3 aromatic rings. The zero-order chi connectivity index (χ0) is 19.4. The molecule has 0 aliphatic rings. The molecule has 0 atom stereocenters.